The molecular formula is C19H30INO7. The molecule has 0 saturated heterocycles. The molecule has 0 unspecified atom stereocenters. The number of ether oxygens (including phenoxy) is 6. The van der Waals surface area contributed by atoms with Gasteiger partial charge in [-0.05, 0) is 19.1 Å². The second-order valence-electron chi connectivity index (χ2n) is 5.68. The standard InChI is InChI=1S/C19H30INO7/c1-17-2-4-18(5-3-17)28-15-14-26-11-10-24-7-6-23-8-9-25-12-13-27-16-19(22)21-20/h2-5H,6-16H2,1H3,(H,21,22). The lowest BCUT2D eigenvalue weighted by atomic mass is 10.2. The Labute approximate surface area is 180 Å². The molecule has 1 rings (SSSR count). The van der Waals surface area contributed by atoms with Gasteiger partial charge < -0.3 is 28.4 Å². The fourth-order valence-electron chi connectivity index (χ4n) is 1.92. The molecule has 8 nitrogen and oxygen atoms in total. The van der Waals surface area contributed by atoms with Crippen LogP contribution in [0.15, 0.2) is 24.3 Å². The van der Waals surface area contributed by atoms with Crippen LogP contribution in [0.4, 0.5) is 0 Å². The van der Waals surface area contributed by atoms with Crippen molar-refractivity contribution in [3.8, 4) is 5.75 Å². The summed E-state index contributed by atoms with van der Waals surface area (Å²) in [5.41, 5.74) is 1.21. The van der Waals surface area contributed by atoms with Crippen molar-refractivity contribution in [1.82, 2.24) is 3.53 Å². The lowest BCUT2D eigenvalue weighted by Crippen LogP contribution is -2.20. The number of hydrogen-bond acceptors (Lipinski definition) is 7. The van der Waals surface area contributed by atoms with E-state index in [4.69, 9.17) is 28.4 Å². The van der Waals surface area contributed by atoms with E-state index in [2.05, 4.69) is 3.53 Å². The molecule has 0 spiro atoms. The van der Waals surface area contributed by atoms with Crippen molar-refractivity contribution < 1.29 is 33.2 Å². The highest BCUT2D eigenvalue weighted by Crippen LogP contribution is 2.10. The highest BCUT2D eigenvalue weighted by atomic mass is 127. The molecule has 1 amide bonds. The number of amides is 1. The molecule has 28 heavy (non-hydrogen) atoms. The number of carbonyl (C=O) groups is 1. The van der Waals surface area contributed by atoms with Crippen molar-refractivity contribution in [1.29, 1.82) is 0 Å². The van der Waals surface area contributed by atoms with Gasteiger partial charge in [-0.2, -0.15) is 0 Å². The van der Waals surface area contributed by atoms with Crippen LogP contribution in [0.3, 0.4) is 0 Å². The molecule has 0 aliphatic heterocycles. The zero-order valence-corrected chi connectivity index (χ0v) is 18.5. The molecule has 0 aliphatic rings. The molecule has 9 heteroatoms. The van der Waals surface area contributed by atoms with Crippen LogP contribution in [0.5, 0.6) is 5.75 Å². The monoisotopic (exact) mass is 511 g/mol. The average Bonchev–Trinajstić information content (AvgIpc) is 2.71. The largest absolute Gasteiger partial charge is 0.491 e. The van der Waals surface area contributed by atoms with Crippen LogP contribution < -0.4 is 8.27 Å². The molecule has 160 valence electrons. The Morgan fingerprint density at radius 1 is 0.750 bits per heavy atom. The van der Waals surface area contributed by atoms with E-state index in [1.54, 1.807) is 22.9 Å². The van der Waals surface area contributed by atoms with Gasteiger partial charge in [-0.1, -0.05) is 17.7 Å². The first-order chi connectivity index (χ1) is 13.7. The summed E-state index contributed by atoms with van der Waals surface area (Å²) in [6.45, 7) is 6.97. The van der Waals surface area contributed by atoms with Gasteiger partial charge in [0.1, 0.15) is 19.0 Å². The van der Waals surface area contributed by atoms with Gasteiger partial charge in [0.2, 0.25) is 0 Å². The first-order valence-corrected chi connectivity index (χ1v) is 10.3. The van der Waals surface area contributed by atoms with E-state index in [1.165, 1.54) is 5.56 Å². The van der Waals surface area contributed by atoms with Gasteiger partial charge in [0, 0.05) is 0 Å². The van der Waals surface area contributed by atoms with E-state index in [1.807, 2.05) is 31.2 Å². The van der Waals surface area contributed by atoms with Gasteiger partial charge >= 0.3 is 0 Å². The molecule has 0 atom stereocenters. The topological polar surface area (TPSA) is 84.5 Å². The molecule has 0 fully saturated rings. The van der Waals surface area contributed by atoms with Crippen LogP contribution in [0.1, 0.15) is 5.56 Å². The SMILES string of the molecule is Cc1ccc(OCCOCCOCCOCCOCCOCC(=O)NI)cc1. The maximum atomic E-state index is 10.9. The Balaban J connectivity index is 1.73. The second-order valence-corrected chi connectivity index (χ2v) is 6.22. The minimum absolute atomic E-state index is 0.0453. The van der Waals surface area contributed by atoms with Gasteiger partial charge in [0.25, 0.3) is 5.91 Å². The van der Waals surface area contributed by atoms with Crippen LogP contribution in [0.2, 0.25) is 0 Å². The minimum Gasteiger partial charge on any atom is -0.491 e. The third-order valence-corrected chi connectivity index (χ3v) is 3.95. The van der Waals surface area contributed by atoms with E-state index < -0.39 is 0 Å². The average molecular weight is 511 g/mol. The van der Waals surface area contributed by atoms with Gasteiger partial charge in [-0.3, -0.25) is 8.32 Å². The Hall–Kier alpha value is -0.980. The number of aryl methyl sites for hydroxylation is 1. The fourth-order valence-corrected chi connectivity index (χ4v) is 2.08. The van der Waals surface area contributed by atoms with E-state index in [-0.39, 0.29) is 12.5 Å². The number of hydrogen-bond donors (Lipinski definition) is 1. The Morgan fingerprint density at radius 2 is 1.18 bits per heavy atom. The molecule has 1 aromatic carbocycles. The predicted octanol–water partition coefficient (Wildman–Crippen LogP) is 1.92. The van der Waals surface area contributed by atoms with Crippen LogP contribution in [-0.4, -0.2) is 78.6 Å². The molecule has 1 aromatic rings. The lowest BCUT2D eigenvalue weighted by molar-refractivity contribution is -0.123. The minimum atomic E-state index is -0.162. The molecule has 1 N–H and O–H groups in total. The van der Waals surface area contributed by atoms with Gasteiger partial charge in [-0.25, -0.2) is 0 Å². The lowest BCUT2D eigenvalue weighted by Gasteiger charge is -2.08. The summed E-state index contributed by atoms with van der Waals surface area (Å²) in [7, 11) is 0. The molecule has 0 heterocycles. The third-order valence-electron chi connectivity index (χ3n) is 3.34. The normalized spacial score (nSPS) is 10.8. The Kier molecular flexibility index (Phi) is 16.2. The smallest absolute Gasteiger partial charge is 0.254 e. The fraction of sp³-hybridized carbons (Fsp3) is 0.632. The zero-order chi connectivity index (χ0) is 20.3. The molecule has 0 radical (unpaired) electrons. The summed E-state index contributed by atoms with van der Waals surface area (Å²) in [5, 5.41) is 0. The van der Waals surface area contributed by atoms with Crippen molar-refractivity contribution >= 4 is 28.8 Å². The summed E-state index contributed by atoms with van der Waals surface area (Å²) in [6.07, 6.45) is 0. The van der Waals surface area contributed by atoms with Crippen molar-refractivity contribution in [2.75, 3.05) is 72.7 Å². The number of carbonyl (C=O) groups excluding carboxylic acids is 1. The molecule has 0 aliphatic carbocycles. The van der Waals surface area contributed by atoms with Crippen LogP contribution in [-0.2, 0) is 28.5 Å². The van der Waals surface area contributed by atoms with Crippen molar-refractivity contribution in [2.24, 2.45) is 0 Å². The maximum absolute atomic E-state index is 10.9. The molecule has 0 aromatic heterocycles. The van der Waals surface area contributed by atoms with Gasteiger partial charge in [0.15, 0.2) is 0 Å². The maximum Gasteiger partial charge on any atom is 0.254 e. The number of nitrogens with one attached hydrogen (secondary N) is 1. The van der Waals surface area contributed by atoms with Crippen molar-refractivity contribution in [3.05, 3.63) is 29.8 Å². The van der Waals surface area contributed by atoms with E-state index in [0.717, 1.165) is 5.75 Å². The number of halogens is 1. The summed E-state index contributed by atoms with van der Waals surface area (Å²) >= 11 is 1.77. The summed E-state index contributed by atoms with van der Waals surface area (Å²) in [5.74, 6) is 0.688. The summed E-state index contributed by atoms with van der Waals surface area (Å²) < 4.78 is 34.7. The quantitative estimate of drug-likeness (QED) is 0.183. The second kappa shape index (κ2) is 18.1. The van der Waals surface area contributed by atoms with Crippen molar-refractivity contribution in [2.45, 2.75) is 6.92 Å². The highest BCUT2D eigenvalue weighted by Gasteiger charge is 1.98. The van der Waals surface area contributed by atoms with Crippen molar-refractivity contribution in [3.63, 3.8) is 0 Å². The van der Waals surface area contributed by atoms with E-state index in [0.29, 0.717) is 66.1 Å². The highest BCUT2D eigenvalue weighted by molar-refractivity contribution is 14.1. The zero-order valence-electron chi connectivity index (χ0n) is 16.3. The Bertz CT molecular complexity index is 502. The molecule has 0 bridgehead atoms. The van der Waals surface area contributed by atoms with Gasteiger partial charge in [0.05, 0.1) is 82.3 Å². The summed E-state index contributed by atoms with van der Waals surface area (Å²) in [6, 6.07) is 7.93. The number of rotatable bonds is 18. The third kappa shape index (κ3) is 15.0. The van der Waals surface area contributed by atoms with Crippen LogP contribution in [0, 0.1) is 6.92 Å². The van der Waals surface area contributed by atoms with Crippen LogP contribution in [0.25, 0.3) is 0 Å². The number of benzene rings is 1. The van der Waals surface area contributed by atoms with E-state index >= 15 is 0 Å². The molecule has 0 saturated carbocycles. The Morgan fingerprint density at radius 3 is 1.64 bits per heavy atom. The van der Waals surface area contributed by atoms with Crippen LogP contribution >= 0.6 is 22.9 Å². The first-order valence-electron chi connectivity index (χ1n) is 9.20. The van der Waals surface area contributed by atoms with E-state index in [9.17, 15) is 4.79 Å². The summed E-state index contributed by atoms with van der Waals surface area (Å²) in [4.78, 5) is 10.9. The first kappa shape index (κ1) is 25.1. The molecular weight excluding hydrogens is 481 g/mol. The predicted molar refractivity (Wildman–Crippen MR) is 113 cm³/mol. The van der Waals surface area contributed by atoms with Gasteiger partial charge in [-0.15, -0.1) is 0 Å².